The smallest absolute Gasteiger partial charge is 0.222 e. The van der Waals surface area contributed by atoms with Crippen molar-refractivity contribution in [1.29, 1.82) is 0 Å². The lowest BCUT2D eigenvalue weighted by molar-refractivity contribution is -0.122. The standard InChI is InChI=1S/C10H22N2O3/c1-9(11)3-5-12-10(13)4-6-15-8-7-14-2/h9H,3-8,11H2,1-2H3,(H,12,13). The zero-order valence-corrected chi connectivity index (χ0v) is 9.62. The molecule has 0 aliphatic rings. The van der Waals surface area contributed by atoms with Crippen molar-refractivity contribution in [2.45, 2.75) is 25.8 Å². The summed E-state index contributed by atoms with van der Waals surface area (Å²) in [5, 5.41) is 2.77. The first-order chi connectivity index (χ1) is 7.16. The summed E-state index contributed by atoms with van der Waals surface area (Å²) in [5.41, 5.74) is 5.54. The number of amides is 1. The quantitative estimate of drug-likeness (QED) is 0.530. The molecule has 0 aliphatic carbocycles. The molecule has 0 saturated carbocycles. The topological polar surface area (TPSA) is 73.6 Å². The number of hydrogen-bond donors (Lipinski definition) is 2. The Morgan fingerprint density at radius 1 is 1.40 bits per heavy atom. The van der Waals surface area contributed by atoms with Crippen molar-refractivity contribution in [2.75, 3.05) is 33.5 Å². The van der Waals surface area contributed by atoms with Crippen LogP contribution in [0.3, 0.4) is 0 Å². The molecule has 1 amide bonds. The third-order valence-corrected chi connectivity index (χ3v) is 1.83. The van der Waals surface area contributed by atoms with Gasteiger partial charge in [0.1, 0.15) is 0 Å². The summed E-state index contributed by atoms with van der Waals surface area (Å²) < 4.78 is 9.96. The molecule has 0 heterocycles. The second-order valence-electron chi connectivity index (χ2n) is 3.47. The van der Waals surface area contributed by atoms with Gasteiger partial charge in [-0.2, -0.15) is 0 Å². The predicted octanol–water partition coefficient (Wildman–Crippen LogP) is -0.107. The highest BCUT2D eigenvalue weighted by molar-refractivity contribution is 5.75. The van der Waals surface area contributed by atoms with Gasteiger partial charge in [0.2, 0.25) is 5.91 Å². The predicted molar refractivity (Wildman–Crippen MR) is 58.6 cm³/mol. The summed E-state index contributed by atoms with van der Waals surface area (Å²) in [5.74, 6) is 0.00747. The van der Waals surface area contributed by atoms with Gasteiger partial charge in [0.05, 0.1) is 19.8 Å². The van der Waals surface area contributed by atoms with Crippen LogP contribution in [0.25, 0.3) is 0 Å². The van der Waals surface area contributed by atoms with E-state index in [4.69, 9.17) is 15.2 Å². The molecule has 5 heteroatoms. The third kappa shape index (κ3) is 11.3. The Balaban J connectivity index is 3.19. The fourth-order valence-electron chi connectivity index (χ4n) is 0.937. The molecule has 0 saturated heterocycles. The second kappa shape index (κ2) is 9.89. The monoisotopic (exact) mass is 218 g/mol. The molecule has 3 N–H and O–H groups in total. The van der Waals surface area contributed by atoms with Gasteiger partial charge >= 0.3 is 0 Å². The summed E-state index contributed by atoms with van der Waals surface area (Å²) in [4.78, 5) is 11.2. The number of methoxy groups -OCH3 is 1. The van der Waals surface area contributed by atoms with E-state index in [-0.39, 0.29) is 11.9 Å². The van der Waals surface area contributed by atoms with Gasteiger partial charge in [-0.1, -0.05) is 0 Å². The minimum atomic E-state index is 0.00747. The van der Waals surface area contributed by atoms with Crippen LogP contribution in [-0.2, 0) is 14.3 Å². The first kappa shape index (κ1) is 14.3. The second-order valence-corrected chi connectivity index (χ2v) is 3.47. The van der Waals surface area contributed by atoms with Gasteiger partial charge in [-0.3, -0.25) is 4.79 Å². The molecule has 0 aromatic carbocycles. The van der Waals surface area contributed by atoms with E-state index in [2.05, 4.69) is 5.32 Å². The number of nitrogens with one attached hydrogen (secondary N) is 1. The fraction of sp³-hybridized carbons (Fsp3) is 0.900. The molecule has 0 fully saturated rings. The van der Waals surface area contributed by atoms with Gasteiger partial charge in [-0.05, 0) is 13.3 Å². The lowest BCUT2D eigenvalue weighted by Crippen LogP contribution is -2.29. The summed E-state index contributed by atoms with van der Waals surface area (Å²) in [6.45, 7) is 4.08. The number of nitrogens with two attached hydrogens (primary N) is 1. The molecule has 0 rings (SSSR count). The van der Waals surface area contributed by atoms with E-state index in [0.717, 1.165) is 6.42 Å². The molecule has 0 bridgehead atoms. The molecule has 0 radical (unpaired) electrons. The maximum atomic E-state index is 11.2. The van der Waals surface area contributed by atoms with Crippen LogP contribution in [0.5, 0.6) is 0 Å². The van der Waals surface area contributed by atoms with Crippen LogP contribution in [0.1, 0.15) is 19.8 Å². The molecule has 5 nitrogen and oxygen atoms in total. The van der Waals surface area contributed by atoms with Gasteiger partial charge in [-0.15, -0.1) is 0 Å². The van der Waals surface area contributed by atoms with E-state index in [1.807, 2.05) is 6.92 Å². The van der Waals surface area contributed by atoms with Crippen molar-refractivity contribution in [3.63, 3.8) is 0 Å². The van der Waals surface area contributed by atoms with Crippen molar-refractivity contribution >= 4 is 5.91 Å². The minimum absolute atomic E-state index is 0.00747. The van der Waals surface area contributed by atoms with Crippen LogP contribution in [0.15, 0.2) is 0 Å². The molecular weight excluding hydrogens is 196 g/mol. The van der Waals surface area contributed by atoms with Gasteiger partial charge < -0.3 is 20.5 Å². The van der Waals surface area contributed by atoms with E-state index in [1.165, 1.54) is 0 Å². The van der Waals surface area contributed by atoms with E-state index >= 15 is 0 Å². The third-order valence-electron chi connectivity index (χ3n) is 1.83. The summed E-state index contributed by atoms with van der Waals surface area (Å²) in [6.07, 6.45) is 1.19. The first-order valence-corrected chi connectivity index (χ1v) is 5.25. The Bertz CT molecular complexity index is 163. The number of carbonyl (C=O) groups is 1. The van der Waals surface area contributed by atoms with Gasteiger partial charge in [0.25, 0.3) is 0 Å². The first-order valence-electron chi connectivity index (χ1n) is 5.25. The molecule has 0 spiro atoms. The van der Waals surface area contributed by atoms with Gasteiger partial charge in [0.15, 0.2) is 0 Å². The summed E-state index contributed by atoms with van der Waals surface area (Å²) >= 11 is 0. The Kier molecular flexibility index (Phi) is 9.46. The van der Waals surface area contributed by atoms with Crippen molar-refractivity contribution < 1.29 is 14.3 Å². The molecule has 15 heavy (non-hydrogen) atoms. The highest BCUT2D eigenvalue weighted by atomic mass is 16.5. The van der Waals surface area contributed by atoms with Crippen LogP contribution in [0.4, 0.5) is 0 Å². The largest absolute Gasteiger partial charge is 0.382 e. The van der Waals surface area contributed by atoms with E-state index in [9.17, 15) is 4.79 Å². The summed E-state index contributed by atoms with van der Waals surface area (Å²) in [6, 6.07) is 0.128. The van der Waals surface area contributed by atoms with Crippen LogP contribution in [-0.4, -0.2) is 45.4 Å². The maximum absolute atomic E-state index is 11.2. The van der Waals surface area contributed by atoms with Crippen LogP contribution in [0, 0.1) is 0 Å². The zero-order valence-electron chi connectivity index (χ0n) is 9.62. The minimum Gasteiger partial charge on any atom is -0.382 e. The van der Waals surface area contributed by atoms with Crippen LogP contribution in [0.2, 0.25) is 0 Å². The lowest BCUT2D eigenvalue weighted by atomic mass is 10.2. The fourth-order valence-corrected chi connectivity index (χ4v) is 0.937. The van der Waals surface area contributed by atoms with E-state index in [0.29, 0.717) is 32.8 Å². The number of ether oxygens (including phenoxy) is 2. The highest BCUT2D eigenvalue weighted by Gasteiger charge is 2.01. The Hall–Kier alpha value is -0.650. The number of carbonyl (C=O) groups excluding carboxylic acids is 1. The van der Waals surface area contributed by atoms with E-state index < -0.39 is 0 Å². The molecule has 0 aliphatic heterocycles. The van der Waals surface area contributed by atoms with Gasteiger partial charge in [0, 0.05) is 26.1 Å². The van der Waals surface area contributed by atoms with Crippen molar-refractivity contribution in [1.82, 2.24) is 5.32 Å². The Morgan fingerprint density at radius 2 is 2.13 bits per heavy atom. The summed E-state index contributed by atoms with van der Waals surface area (Å²) in [7, 11) is 1.62. The Morgan fingerprint density at radius 3 is 2.73 bits per heavy atom. The van der Waals surface area contributed by atoms with E-state index in [1.54, 1.807) is 7.11 Å². The van der Waals surface area contributed by atoms with Crippen LogP contribution >= 0.6 is 0 Å². The SMILES string of the molecule is COCCOCCC(=O)NCCC(C)N. The number of hydrogen-bond acceptors (Lipinski definition) is 4. The molecular formula is C10H22N2O3. The van der Waals surface area contributed by atoms with Gasteiger partial charge in [-0.25, -0.2) is 0 Å². The maximum Gasteiger partial charge on any atom is 0.222 e. The average molecular weight is 218 g/mol. The molecule has 0 aromatic heterocycles. The van der Waals surface area contributed by atoms with Crippen molar-refractivity contribution in [2.24, 2.45) is 5.73 Å². The molecule has 90 valence electrons. The highest BCUT2D eigenvalue weighted by Crippen LogP contribution is 1.86. The zero-order chi connectivity index (χ0) is 11.5. The lowest BCUT2D eigenvalue weighted by Gasteiger charge is -2.07. The molecule has 0 aromatic rings. The number of rotatable bonds is 9. The van der Waals surface area contributed by atoms with Crippen molar-refractivity contribution in [3.05, 3.63) is 0 Å². The normalized spacial score (nSPS) is 12.5. The Labute approximate surface area is 91.3 Å². The molecule has 1 unspecified atom stereocenters. The molecule has 1 atom stereocenters. The van der Waals surface area contributed by atoms with Crippen LogP contribution < -0.4 is 11.1 Å². The van der Waals surface area contributed by atoms with Crippen molar-refractivity contribution in [3.8, 4) is 0 Å². The average Bonchev–Trinajstić information content (AvgIpc) is 2.17.